The third-order valence-corrected chi connectivity index (χ3v) is 10.3. The molecule has 1 aromatic heterocycles. The smallest absolute Gasteiger partial charge is 0.336 e. The first-order chi connectivity index (χ1) is 31.4. The number of phenolic OH excluding ortho intramolecular Hbond substituents is 1. The number of nitrogens with one attached hydrogen (secondary N) is 5. The summed E-state index contributed by atoms with van der Waals surface area (Å²) in [6, 6.07) is 5.66. The maximum absolute atomic E-state index is 14.1. The van der Waals surface area contributed by atoms with Crippen LogP contribution in [-0.2, 0) is 44.7 Å². The minimum Gasteiger partial charge on any atom is -0.508 e. The molecule has 7 N–H and O–H groups in total. The van der Waals surface area contributed by atoms with Gasteiger partial charge in [0, 0.05) is 58.9 Å². The fourth-order valence-corrected chi connectivity index (χ4v) is 7.04. The van der Waals surface area contributed by atoms with Gasteiger partial charge in [-0.05, 0) is 66.8 Å². The van der Waals surface area contributed by atoms with Gasteiger partial charge in [-0.15, -0.1) is 0 Å². The van der Waals surface area contributed by atoms with Crippen LogP contribution in [0.3, 0.4) is 0 Å². The second-order valence-corrected chi connectivity index (χ2v) is 15.5. The normalized spacial score (nSPS) is 12.9. The van der Waals surface area contributed by atoms with Gasteiger partial charge in [0.15, 0.2) is 11.2 Å². The highest BCUT2D eigenvalue weighted by atomic mass is 19.1. The molecule has 2 heterocycles. The fraction of sp³-hybridized carbons (Fsp3) is 0.333. The number of H-pyrrole nitrogens is 1. The van der Waals surface area contributed by atoms with Crippen LogP contribution in [-0.4, -0.2) is 113 Å². The largest absolute Gasteiger partial charge is 0.508 e. The fourth-order valence-electron chi connectivity index (χ4n) is 7.04. The second-order valence-electron chi connectivity index (χ2n) is 15.5. The Morgan fingerprint density at radius 3 is 2.14 bits per heavy atom. The molecule has 1 aliphatic heterocycles. The number of nitrogens with zero attached hydrogens (tertiary/aromatic N) is 1. The number of imidazole rings is 1. The van der Waals surface area contributed by atoms with Crippen LogP contribution in [0.4, 0.5) is 4.39 Å². The molecule has 0 spiro atoms. The van der Waals surface area contributed by atoms with Gasteiger partial charge in [0.2, 0.25) is 17.7 Å². The van der Waals surface area contributed by atoms with Crippen molar-refractivity contribution in [3.05, 3.63) is 94.2 Å². The number of carbonyl (C=O) groups excluding carboxylic acids is 7. The highest BCUT2D eigenvalue weighted by Gasteiger charge is 2.34. The lowest BCUT2D eigenvalue weighted by molar-refractivity contribution is -0.144. The lowest BCUT2D eigenvalue weighted by Crippen LogP contribution is -2.58. The summed E-state index contributed by atoms with van der Waals surface area (Å²) >= 11 is 0. The molecule has 1 aliphatic carbocycles. The summed E-state index contributed by atoms with van der Waals surface area (Å²) in [5.74, 6) is -8.27. The SMILES string of the molecule is COC(=O)CC[C@H](NC(=O)[C@H](CC(C)C)NC(=O)c1ccc(C(=O)O)c(-c2c3ccc(=O)cc-3oc3cc(O)ccc23)c1)C(=O)N[C@@H](Cc1cnc[nH]1)C(=O)N[C@@H](CC(=O)OC)C(=O)CF. The minimum atomic E-state index is -1.66. The molecule has 66 heavy (non-hydrogen) atoms. The van der Waals surface area contributed by atoms with Gasteiger partial charge in [-0.2, -0.15) is 0 Å². The molecule has 20 nitrogen and oxygen atoms in total. The van der Waals surface area contributed by atoms with Gasteiger partial charge in [0.25, 0.3) is 5.91 Å². The standard InChI is InChI=1S/C45H47FN6O14/c1-22(2)13-33(51-41(58)23-5-8-27(45(62)63)30(14-23)40-28-9-6-25(53)16-36(28)66-37-17-26(54)7-10-29(37)40)43(60)49-31(11-12-38(56)64-3)42(59)52-34(15-24-20-47-21-48-24)44(61)50-32(35(55)19-46)18-39(57)65-4/h5-10,14,16-17,20-22,31-34,53H,11-13,15,18-19H2,1-4H3,(H,47,48)(H,49,60)(H,50,61)(H,51,58)(H,52,59)(H,62,63)/t31-,32-,33-,34-/m0/s1. The zero-order valence-corrected chi connectivity index (χ0v) is 36.1. The number of phenols is 1. The van der Waals surface area contributed by atoms with E-state index in [-0.39, 0.29) is 64.5 Å². The summed E-state index contributed by atoms with van der Waals surface area (Å²) in [6.45, 7) is 1.99. The molecule has 0 fully saturated rings. The maximum Gasteiger partial charge on any atom is 0.336 e. The summed E-state index contributed by atoms with van der Waals surface area (Å²) < 4.78 is 28.7. The molecule has 0 saturated heterocycles. The summed E-state index contributed by atoms with van der Waals surface area (Å²) in [5.41, 5.74) is 0.318. The number of benzene rings is 3. The topological polar surface area (TPSA) is 302 Å². The average molecular weight is 915 g/mol. The Morgan fingerprint density at radius 2 is 1.48 bits per heavy atom. The number of alkyl halides is 1. The number of halogens is 1. The minimum absolute atomic E-state index is 0.00844. The third kappa shape index (κ3) is 12.4. The predicted octanol–water partition coefficient (Wildman–Crippen LogP) is 2.59. The molecule has 0 bridgehead atoms. The van der Waals surface area contributed by atoms with E-state index in [2.05, 4.69) is 36.0 Å². The van der Waals surface area contributed by atoms with E-state index in [4.69, 9.17) is 9.15 Å². The quantitative estimate of drug-likeness (QED) is 0.0411. The number of aromatic nitrogens is 2. The van der Waals surface area contributed by atoms with Crippen molar-refractivity contribution < 1.29 is 66.9 Å². The van der Waals surface area contributed by atoms with E-state index in [0.717, 1.165) is 14.2 Å². The van der Waals surface area contributed by atoms with E-state index in [9.17, 15) is 57.8 Å². The Balaban J connectivity index is 1.46. The number of aromatic hydroxyl groups is 1. The van der Waals surface area contributed by atoms with Crippen molar-refractivity contribution in [3.8, 4) is 28.2 Å². The first-order valence-electron chi connectivity index (χ1n) is 20.4. The highest BCUT2D eigenvalue weighted by Crippen LogP contribution is 2.42. The number of aromatic amines is 1. The highest BCUT2D eigenvalue weighted by molar-refractivity contribution is 6.09. The number of carbonyl (C=O) groups is 8. The number of carboxylic acids is 1. The molecule has 0 saturated carbocycles. The van der Waals surface area contributed by atoms with Crippen LogP contribution in [0.1, 0.15) is 65.9 Å². The van der Waals surface area contributed by atoms with E-state index >= 15 is 0 Å². The molecule has 348 valence electrons. The van der Waals surface area contributed by atoms with Crippen molar-refractivity contribution in [1.82, 2.24) is 31.2 Å². The van der Waals surface area contributed by atoms with Crippen molar-refractivity contribution in [2.45, 2.75) is 70.1 Å². The monoisotopic (exact) mass is 914 g/mol. The molecular weight excluding hydrogens is 868 g/mol. The number of amides is 4. The number of ether oxygens (including phenoxy) is 2. The number of fused-ring (bicyclic) bond motifs is 2. The zero-order valence-electron chi connectivity index (χ0n) is 36.1. The summed E-state index contributed by atoms with van der Waals surface area (Å²) in [5, 5.41) is 30.8. The van der Waals surface area contributed by atoms with E-state index in [0.29, 0.717) is 16.6 Å². The molecule has 2 aromatic carbocycles. The van der Waals surface area contributed by atoms with Gasteiger partial charge in [0.1, 0.15) is 47.9 Å². The Morgan fingerprint density at radius 1 is 0.803 bits per heavy atom. The number of methoxy groups -OCH3 is 2. The van der Waals surface area contributed by atoms with E-state index in [1.807, 2.05) is 0 Å². The van der Waals surface area contributed by atoms with Crippen molar-refractivity contribution in [2.24, 2.45) is 5.92 Å². The Hall–Kier alpha value is -7.97. The number of ketones is 1. The second kappa shape index (κ2) is 22.1. The van der Waals surface area contributed by atoms with Crippen LogP contribution in [0, 0.1) is 5.92 Å². The van der Waals surface area contributed by atoms with Crippen molar-refractivity contribution >= 4 is 58.3 Å². The van der Waals surface area contributed by atoms with Crippen molar-refractivity contribution in [1.29, 1.82) is 0 Å². The average Bonchev–Trinajstić information content (AvgIpc) is 3.80. The van der Waals surface area contributed by atoms with Gasteiger partial charge in [-0.25, -0.2) is 14.2 Å². The molecule has 4 atom stereocenters. The Kier molecular flexibility index (Phi) is 16.4. The lowest BCUT2D eigenvalue weighted by atomic mass is 9.89. The van der Waals surface area contributed by atoms with Gasteiger partial charge in [0.05, 0.1) is 32.5 Å². The number of aromatic carboxylic acids is 1. The number of rotatable bonds is 21. The van der Waals surface area contributed by atoms with Crippen LogP contribution in [0.15, 0.2) is 76.3 Å². The number of Topliss-reactive ketones (excluding diaryl/α,β-unsaturated/α-hetero) is 1. The number of hydrogen-bond donors (Lipinski definition) is 7. The zero-order chi connectivity index (χ0) is 48.2. The molecule has 0 unspecified atom stereocenters. The maximum atomic E-state index is 14.1. The lowest BCUT2D eigenvalue weighted by Gasteiger charge is -2.26. The van der Waals surface area contributed by atoms with Gasteiger partial charge >= 0.3 is 17.9 Å². The van der Waals surface area contributed by atoms with Crippen LogP contribution in [0.2, 0.25) is 0 Å². The van der Waals surface area contributed by atoms with Crippen LogP contribution in [0.5, 0.6) is 5.75 Å². The number of carboxylic acid groups (broad SMARTS) is 1. The van der Waals surface area contributed by atoms with Gasteiger partial charge < -0.3 is 50.4 Å². The molecule has 4 amide bonds. The molecular formula is C45H47FN6O14. The Bertz CT molecular complexity index is 2660. The molecule has 0 radical (unpaired) electrons. The first-order valence-corrected chi connectivity index (χ1v) is 20.4. The first kappa shape index (κ1) is 49.1. The predicted molar refractivity (Wildman–Crippen MR) is 231 cm³/mol. The van der Waals surface area contributed by atoms with Gasteiger partial charge in [-0.1, -0.05) is 13.8 Å². The summed E-state index contributed by atoms with van der Waals surface area (Å²) in [6.07, 6.45) is 0.887. The van der Waals surface area contributed by atoms with Gasteiger partial charge in [-0.3, -0.25) is 38.4 Å². The van der Waals surface area contributed by atoms with Crippen molar-refractivity contribution in [2.75, 3.05) is 20.9 Å². The number of esters is 2. The Labute approximate surface area is 375 Å². The van der Waals surface area contributed by atoms with Crippen LogP contribution < -0.4 is 26.7 Å². The van der Waals surface area contributed by atoms with E-state index in [1.54, 1.807) is 13.8 Å². The number of hydrogen-bond acceptors (Lipinski definition) is 14. The molecule has 3 aromatic rings. The van der Waals surface area contributed by atoms with E-state index in [1.165, 1.54) is 67.1 Å². The summed E-state index contributed by atoms with van der Waals surface area (Å²) in [7, 11) is 2.14. The summed E-state index contributed by atoms with van der Waals surface area (Å²) in [4.78, 5) is 124. The third-order valence-electron chi connectivity index (χ3n) is 10.3. The van der Waals surface area contributed by atoms with E-state index < -0.39 is 96.4 Å². The molecule has 21 heteroatoms. The molecule has 5 rings (SSSR count). The van der Waals surface area contributed by atoms with Crippen LogP contribution in [0.25, 0.3) is 33.4 Å². The van der Waals surface area contributed by atoms with Crippen molar-refractivity contribution in [3.63, 3.8) is 0 Å². The van der Waals surface area contributed by atoms with Crippen LogP contribution >= 0.6 is 0 Å². The molecule has 2 aliphatic rings.